The van der Waals surface area contributed by atoms with E-state index in [9.17, 15) is 9.59 Å². The van der Waals surface area contributed by atoms with E-state index in [4.69, 9.17) is 14.2 Å². The molecule has 2 amide bonds. The van der Waals surface area contributed by atoms with Crippen molar-refractivity contribution < 1.29 is 23.8 Å². The van der Waals surface area contributed by atoms with Gasteiger partial charge in [-0.3, -0.25) is 9.59 Å². The quantitative estimate of drug-likeness (QED) is 0.704. The van der Waals surface area contributed by atoms with Gasteiger partial charge in [0, 0.05) is 24.6 Å². The number of hydrogen-bond acceptors (Lipinski definition) is 5. The highest BCUT2D eigenvalue weighted by Gasteiger charge is 2.44. The topological polar surface area (TPSA) is 85.9 Å². The molecule has 0 aromatic heterocycles. The summed E-state index contributed by atoms with van der Waals surface area (Å²) in [6, 6.07) is 13.8. The number of para-hydroxylation sites is 1. The normalized spacial score (nSPS) is 16.9. The van der Waals surface area contributed by atoms with Crippen molar-refractivity contribution in [3.05, 3.63) is 48.5 Å². The maximum Gasteiger partial charge on any atom is 0.258 e. The van der Waals surface area contributed by atoms with E-state index >= 15 is 0 Å². The average molecular weight is 424 g/mol. The molecule has 1 aliphatic carbocycles. The maximum absolute atomic E-state index is 12.9. The Morgan fingerprint density at radius 3 is 2.45 bits per heavy atom. The van der Waals surface area contributed by atoms with Gasteiger partial charge in [0.25, 0.3) is 11.7 Å². The van der Waals surface area contributed by atoms with Crippen LogP contribution in [0.1, 0.15) is 39.5 Å². The van der Waals surface area contributed by atoms with Gasteiger partial charge in [-0.1, -0.05) is 32.0 Å². The van der Waals surface area contributed by atoms with Crippen molar-refractivity contribution in [2.75, 3.05) is 11.9 Å². The summed E-state index contributed by atoms with van der Waals surface area (Å²) in [6.07, 6.45) is 3.91. The molecule has 31 heavy (non-hydrogen) atoms. The zero-order valence-corrected chi connectivity index (χ0v) is 17.9. The van der Waals surface area contributed by atoms with Gasteiger partial charge >= 0.3 is 0 Å². The lowest BCUT2D eigenvalue weighted by atomic mass is 10.0. The highest BCUT2D eigenvalue weighted by molar-refractivity contribution is 5.97. The van der Waals surface area contributed by atoms with Gasteiger partial charge in [0.1, 0.15) is 11.8 Å². The van der Waals surface area contributed by atoms with Gasteiger partial charge in [-0.05, 0) is 43.0 Å². The monoisotopic (exact) mass is 424 g/mol. The third-order valence-corrected chi connectivity index (χ3v) is 5.55. The third kappa shape index (κ3) is 4.93. The molecule has 2 N–H and O–H groups in total. The Morgan fingerprint density at radius 1 is 1.03 bits per heavy atom. The number of hydrogen-bond donors (Lipinski definition) is 2. The van der Waals surface area contributed by atoms with Crippen molar-refractivity contribution in [3.63, 3.8) is 0 Å². The highest BCUT2D eigenvalue weighted by Crippen LogP contribution is 2.47. The SMILES string of the molecule is CC(C)[C@H](NC(=O)COc1ccccc1)C(=O)Nc1ccc2c(c1)OC1(CCCC1)O2. The second kappa shape index (κ2) is 8.88. The van der Waals surface area contributed by atoms with Crippen molar-refractivity contribution in [1.82, 2.24) is 5.32 Å². The number of fused-ring (bicyclic) bond motifs is 1. The number of rotatable bonds is 7. The Hall–Kier alpha value is -3.22. The van der Waals surface area contributed by atoms with Crippen molar-refractivity contribution in [1.29, 1.82) is 0 Å². The Labute approximate surface area is 182 Å². The van der Waals surface area contributed by atoms with E-state index in [-0.39, 0.29) is 24.3 Å². The van der Waals surface area contributed by atoms with E-state index in [1.165, 1.54) is 0 Å². The summed E-state index contributed by atoms with van der Waals surface area (Å²) in [5.41, 5.74) is 0.600. The van der Waals surface area contributed by atoms with Gasteiger partial charge < -0.3 is 24.8 Å². The second-order valence-electron chi connectivity index (χ2n) is 8.36. The molecule has 164 valence electrons. The van der Waals surface area contributed by atoms with Crippen molar-refractivity contribution >= 4 is 17.5 Å². The molecule has 2 aliphatic rings. The summed E-state index contributed by atoms with van der Waals surface area (Å²) in [6.45, 7) is 3.60. The summed E-state index contributed by atoms with van der Waals surface area (Å²) in [5.74, 6) is 0.648. The van der Waals surface area contributed by atoms with Crippen molar-refractivity contribution in [3.8, 4) is 17.2 Å². The summed E-state index contributed by atoms with van der Waals surface area (Å²) in [7, 11) is 0. The van der Waals surface area contributed by atoms with Gasteiger partial charge in [0.2, 0.25) is 5.91 Å². The number of carbonyl (C=O) groups excluding carboxylic acids is 2. The standard InChI is InChI=1S/C24H28N2O5/c1-16(2)22(26-21(27)15-29-18-8-4-3-5-9-18)23(28)25-17-10-11-19-20(14-17)31-24(30-19)12-6-7-13-24/h3-5,8-11,14,16,22H,6-7,12-13,15H2,1-2H3,(H,25,28)(H,26,27)/t22-/m0/s1. The summed E-state index contributed by atoms with van der Waals surface area (Å²) in [5, 5.41) is 5.65. The molecule has 1 heterocycles. The largest absolute Gasteiger partial charge is 0.484 e. The third-order valence-electron chi connectivity index (χ3n) is 5.55. The van der Waals surface area contributed by atoms with Crippen LogP contribution in [0.25, 0.3) is 0 Å². The molecule has 2 aromatic carbocycles. The zero-order chi connectivity index (χ0) is 21.8. The molecule has 1 fully saturated rings. The molecule has 7 heteroatoms. The molecule has 0 radical (unpaired) electrons. The van der Waals surface area contributed by atoms with Crippen LogP contribution in [-0.2, 0) is 9.59 Å². The molecule has 2 aromatic rings. The molecule has 1 aliphatic heterocycles. The van der Waals surface area contributed by atoms with Crippen LogP contribution in [0.15, 0.2) is 48.5 Å². The van der Waals surface area contributed by atoms with Crippen molar-refractivity contribution in [2.24, 2.45) is 5.92 Å². The number of benzene rings is 2. The number of amides is 2. The van der Waals surface area contributed by atoms with Gasteiger partial charge in [0.15, 0.2) is 18.1 Å². The van der Waals surface area contributed by atoms with E-state index in [2.05, 4.69) is 10.6 Å². The molecule has 0 unspecified atom stereocenters. The predicted octanol–water partition coefficient (Wildman–Crippen LogP) is 3.89. The van der Waals surface area contributed by atoms with Crippen LogP contribution in [0.5, 0.6) is 17.2 Å². The smallest absolute Gasteiger partial charge is 0.258 e. The van der Waals surface area contributed by atoms with Gasteiger partial charge in [-0.25, -0.2) is 0 Å². The second-order valence-corrected chi connectivity index (χ2v) is 8.36. The molecule has 4 rings (SSSR count). The predicted molar refractivity (Wildman–Crippen MR) is 116 cm³/mol. The lowest BCUT2D eigenvalue weighted by molar-refractivity contribution is -0.128. The Bertz CT molecular complexity index is 938. The van der Waals surface area contributed by atoms with E-state index in [0.717, 1.165) is 25.7 Å². The molecule has 0 bridgehead atoms. The van der Waals surface area contributed by atoms with E-state index in [1.54, 1.807) is 24.3 Å². The van der Waals surface area contributed by atoms with Crippen LogP contribution < -0.4 is 24.8 Å². The minimum absolute atomic E-state index is 0.101. The molecule has 0 saturated heterocycles. The van der Waals surface area contributed by atoms with Crippen LogP contribution in [0.3, 0.4) is 0 Å². The van der Waals surface area contributed by atoms with Crippen LogP contribution in [0, 0.1) is 5.92 Å². The summed E-state index contributed by atoms with van der Waals surface area (Å²) < 4.78 is 17.5. The van der Waals surface area contributed by atoms with Crippen LogP contribution in [-0.4, -0.2) is 30.3 Å². The first kappa shape index (κ1) is 21.0. The minimum Gasteiger partial charge on any atom is -0.484 e. The molecular weight excluding hydrogens is 396 g/mol. The zero-order valence-electron chi connectivity index (χ0n) is 17.9. The van der Waals surface area contributed by atoms with E-state index < -0.39 is 11.8 Å². The number of anilines is 1. The number of carbonyl (C=O) groups is 2. The van der Waals surface area contributed by atoms with Gasteiger partial charge in [0.05, 0.1) is 0 Å². The van der Waals surface area contributed by atoms with Crippen LogP contribution >= 0.6 is 0 Å². The van der Waals surface area contributed by atoms with E-state index in [0.29, 0.717) is 22.9 Å². The minimum atomic E-state index is -0.696. The van der Waals surface area contributed by atoms with Crippen LogP contribution in [0.2, 0.25) is 0 Å². The van der Waals surface area contributed by atoms with Gasteiger partial charge in [-0.2, -0.15) is 0 Å². The van der Waals surface area contributed by atoms with Gasteiger partial charge in [-0.15, -0.1) is 0 Å². The van der Waals surface area contributed by atoms with Crippen molar-refractivity contribution in [2.45, 2.75) is 51.4 Å². The van der Waals surface area contributed by atoms with E-state index in [1.807, 2.05) is 38.1 Å². The Balaban J connectivity index is 1.35. The number of nitrogens with one attached hydrogen (secondary N) is 2. The summed E-state index contributed by atoms with van der Waals surface area (Å²) in [4.78, 5) is 25.2. The maximum atomic E-state index is 12.9. The molecule has 1 atom stereocenters. The molecule has 7 nitrogen and oxygen atoms in total. The Kier molecular flexibility index (Phi) is 6.02. The lowest BCUT2D eigenvalue weighted by Gasteiger charge is -2.22. The number of ether oxygens (including phenoxy) is 3. The first-order valence-electron chi connectivity index (χ1n) is 10.7. The Morgan fingerprint density at radius 2 is 1.74 bits per heavy atom. The summed E-state index contributed by atoms with van der Waals surface area (Å²) >= 11 is 0. The highest BCUT2D eigenvalue weighted by atomic mass is 16.7. The fraction of sp³-hybridized carbons (Fsp3) is 0.417. The molecule has 1 spiro atoms. The van der Waals surface area contributed by atoms with Crippen LogP contribution in [0.4, 0.5) is 5.69 Å². The first-order chi connectivity index (χ1) is 14.9. The fourth-order valence-electron chi connectivity index (χ4n) is 3.92. The molecule has 1 saturated carbocycles. The average Bonchev–Trinajstić information content (AvgIpc) is 3.36. The first-order valence-corrected chi connectivity index (χ1v) is 10.7. The molecular formula is C24H28N2O5. The fourth-order valence-corrected chi connectivity index (χ4v) is 3.92. The lowest BCUT2D eigenvalue weighted by Crippen LogP contribution is -2.48.